The molecule has 4 nitrogen and oxygen atoms in total. The largest absolute Gasteiger partial charge is 0.326 e. The summed E-state index contributed by atoms with van der Waals surface area (Å²) in [5.41, 5.74) is 7.31. The third-order valence-electron chi connectivity index (χ3n) is 2.41. The van der Waals surface area contributed by atoms with E-state index in [1.54, 1.807) is 36.7 Å². The second-order valence-corrected chi connectivity index (χ2v) is 4.77. The Morgan fingerprint density at radius 2 is 1.84 bits per heavy atom. The van der Waals surface area contributed by atoms with Gasteiger partial charge in [0.1, 0.15) is 0 Å². The molecular formula is C13H11Cl2N3O. The Hall–Kier alpha value is -1.62. The van der Waals surface area contributed by atoms with Crippen LogP contribution in [0.1, 0.15) is 15.9 Å². The van der Waals surface area contributed by atoms with Crippen LogP contribution >= 0.6 is 23.2 Å². The SMILES string of the molecule is NCc1cncc(NC(=O)c2cc(Cl)cc(Cl)c2)c1. The van der Waals surface area contributed by atoms with Gasteiger partial charge in [0.05, 0.1) is 11.9 Å². The fraction of sp³-hybridized carbons (Fsp3) is 0.0769. The minimum atomic E-state index is -0.305. The first kappa shape index (κ1) is 13.8. The molecule has 2 rings (SSSR count). The van der Waals surface area contributed by atoms with Gasteiger partial charge in [-0.05, 0) is 29.8 Å². The van der Waals surface area contributed by atoms with Crippen LogP contribution in [-0.2, 0) is 6.54 Å². The molecule has 0 aliphatic rings. The third-order valence-corrected chi connectivity index (χ3v) is 2.85. The van der Waals surface area contributed by atoms with Crippen LogP contribution in [0.25, 0.3) is 0 Å². The predicted molar refractivity (Wildman–Crippen MR) is 76.5 cm³/mol. The Balaban J connectivity index is 2.20. The van der Waals surface area contributed by atoms with Gasteiger partial charge in [-0.3, -0.25) is 9.78 Å². The standard InChI is InChI=1S/C13H11Cl2N3O/c14-10-2-9(3-11(15)4-10)13(19)18-12-1-8(5-16)6-17-7-12/h1-4,6-7H,5,16H2,(H,18,19). The van der Waals surface area contributed by atoms with Crippen molar-refractivity contribution in [1.82, 2.24) is 4.98 Å². The number of nitrogens with one attached hydrogen (secondary N) is 1. The molecule has 6 heteroatoms. The van der Waals surface area contributed by atoms with Crippen LogP contribution < -0.4 is 11.1 Å². The summed E-state index contributed by atoms with van der Waals surface area (Å²) in [6.45, 7) is 0.361. The summed E-state index contributed by atoms with van der Waals surface area (Å²) in [6, 6.07) is 6.42. The van der Waals surface area contributed by atoms with Gasteiger partial charge >= 0.3 is 0 Å². The van der Waals surface area contributed by atoms with E-state index >= 15 is 0 Å². The molecule has 0 atom stereocenters. The number of anilines is 1. The Morgan fingerprint density at radius 3 is 2.47 bits per heavy atom. The van der Waals surface area contributed by atoms with Crippen molar-refractivity contribution in [1.29, 1.82) is 0 Å². The van der Waals surface area contributed by atoms with Crippen molar-refractivity contribution in [2.24, 2.45) is 5.73 Å². The van der Waals surface area contributed by atoms with Crippen LogP contribution in [0.15, 0.2) is 36.7 Å². The van der Waals surface area contributed by atoms with E-state index in [1.165, 1.54) is 0 Å². The van der Waals surface area contributed by atoms with Gasteiger partial charge in [-0.25, -0.2) is 0 Å². The summed E-state index contributed by atoms with van der Waals surface area (Å²) in [5, 5.41) is 3.53. The van der Waals surface area contributed by atoms with Crippen molar-refractivity contribution in [2.75, 3.05) is 5.32 Å². The molecule has 2 aromatic rings. The number of halogens is 2. The molecule has 0 radical (unpaired) electrons. The Bertz CT molecular complexity index is 596. The molecule has 19 heavy (non-hydrogen) atoms. The van der Waals surface area contributed by atoms with Gasteiger partial charge in [-0.1, -0.05) is 23.2 Å². The lowest BCUT2D eigenvalue weighted by atomic mass is 10.2. The smallest absolute Gasteiger partial charge is 0.255 e. The molecule has 0 fully saturated rings. The molecule has 3 N–H and O–H groups in total. The lowest BCUT2D eigenvalue weighted by Gasteiger charge is -2.07. The van der Waals surface area contributed by atoms with Crippen LogP contribution in [0.5, 0.6) is 0 Å². The van der Waals surface area contributed by atoms with Crippen molar-refractivity contribution in [3.8, 4) is 0 Å². The summed E-state index contributed by atoms with van der Waals surface area (Å²) in [5.74, 6) is -0.305. The molecule has 1 amide bonds. The number of hydrogen-bond acceptors (Lipinski definition) is 3. The molecule has 0 unspecified atom stereocenters. The number of carbonyl (C=O) groups excluding carboxylic acids is 1. The van der Waals surface area contributed by atoms with Gasteiger partial charge in [0.15, 0.2) is 0 Å². The molecule has 1 heterocycles. The number of nitrogens with zero attached hydrogens (tertiary/aromatic N) is 1. The number of rotatable bonds is 3. The Kier molecular flexibility index (Phi) is 4.37. The van der Waals surface area contributed by atoms with Crippen LogP contribution in [0, 0.1) is 0 Å². The zero-order valence-corrected chi connectivity index (χ0v) is 11.4. The molecule has 0 bridgehead atoms. The summed E-state index contributed by atoms with van der Waals surface area (Å²) in [7, 11) is 0. The van der Waals surface area contributed by atoms with E-state index in [1.807, 2.05) is 0 Å². The molecule has 0 spiro atoms. The van der Waals surface area contributed by atoms with Crippen molar-refractivity contribution < 1.29 is 4.79 Å². The molecule has 1 aromatic heterocycles. The molecule has 1 aromatic carbocycles. The van der Waals surface area contributed by atoms with E-state index in [0.717, 1.165) is 5.56 Å². The normalized spacial score (nSPS) is 10.3. The number of aromatic nitrogens is 1. The lowest BCUT2D eigenvalue weighted by molar-refractivity contribution is 0.102. The maximum Gasteiger partial charge on any atom is 0.255 e. The van der Waals surface area contributed by atoms with E-state index in [0.29, 0.717) is 27.8 Å². The summed E-state index contributed by atoms with van der Waals surface area (Å²) >= 11 is 11.7. The number of nitrogens with two attached hydrogens (primary N) is 1. The first-order chi connectivity index (χ1) is 9.08. The van der Waals surface area contributed by atoms with E-state index in [-0.39, 0.29) is 5.91 Å². The number of pyridine rings is 1. The van der Waals surface area contributed by atoms with Gasteiger partial charge < -0.3 is 11.1 Å². The lowest BCUT2D eigenvalue weighted by Crippen LogP contribution is -2.12. The van der Waals surface area contributed by atoms with Crippen LogP contribution in [-0.4, -0.2) is 10.9 Å². The van der Waals surface area contributed by atoms with Crippen LogP contribution in [0.4, 0.5) is 5.69 Å². The second-order valence-electron chi connectivity index (χ2n) is 3.90. The maximum atomic E-state index is 12.0. The fourth-order valence-electron chi connectivity index (χ4n) is 1.56. The highest BCUT2D eigenvalue weighted by molar-refractivity contribution is 6.35. The summed E-state index contributed by atoms with van der Waals surface area (Å²) < 4.78 is 0. The fourth-order valence-corrected chi connectivity index (χ4v) is 2.08. The first-order valence-electron chi connectivity index (χ1n) is 5.50. The predicted octanol–water partition coefficient (Wildman–Crippen LogP) is 3.10. The molecule has 0 aliphatic heterocycles. The summed E-state index contributed by atoms with van der Waals surface area (Å²) in [4.78, 5) is 16.0. The zero-order valence-electron chi connectivity index (χ0n) is 9.86. The van der Waals surface area contributed by atoms with Crippen molar-refractivity contribution in [3.05, 3.63) is 57.8 Å². The Labute approximate surface area is 120 Å². The van der Waals surface area contributed by atoms with Gasteiger partial charge in [-0.2, -0.15) is 0 Å². The van der Waals surface area contributed by atoms with E-state index in [9.17, 15) is 4.79 Å². The van der Waals surface area contributed by atoms with Gasteiger partial charge in [-0.15, -0.1) is 0 Å². The van der Waals surface area contributed by atoms with Crippen molar-refractivity contribution in [2.45, 2.75) is 6.54 Å². The second kappa shape index (κ2) is 6.02. The van der Waals surface area contributed by atoms with Gasteiger partial charge in [0, 0.05) is 28.4 Å². The van der Waals surface area contributed by atoms with E-state index in [4.69, 9.17) is 28.9 Å². The zero-order chi connectivity index (χ0) is 13.8. The van der Waals surface area contributed by atoms with Gasteiger partial charge in [0.2, 0.25) is 0 Å². The van der Waals surface area contributed by atoms with Gasteiger partial charge in [0.25, 0.3) is 5.91 Å². The molecule has 0 saturated carbocycles. The third kappa shape index (κ3) is 3.67. The topological polar surface area (TPSA) is 68.0 Å². The van der Waals surface area contributed by atoms with E-state index < -0.39 is 0 Å². The average Bonchev–Trinajstić information content (AvgIpc) is 2.37. The molecule has 98 valence electrons. The minimum Gasteiger partial charge on any atom is -0.326 e. The number of hydrogen-bond donors (Lipinski definition) is 2. The van der Waals surface area contributed by atoms with Crippen LogP contribution in [0.2, 0.25) is 10.0 Å². The molecule has 0 saturated heterocycles. The highest BCUT2D eigenvalue weighted by atomic mass is 35.5. The van der Waals surface area contributed by atoms with Crippen LogP contribution in [0.3, 0.4) is 0 Å². The first-order valence-corrected chi connectivity index (χ1v) is 6.25. The maximum absolute atomic E-state index is 12.0. The average molecular weight is 296 g/mol. The minimum absolute atomic E-state index is 0.305. The van der Waals surface area contributed by atoms with Crippen molar-refractivity contribution >= 4 is 34.8 Å². The van der Waals surface area contributed by atoms with E-state index in [2.05, 4.69) is 10.3 Å². The number of benzene rings is 1. The molecular weight excluding hydrogens is 285 g/mol. The molecule has 0 aliphatic carbocycles. The highest BCUT2D eigenvalue weighted by Gasteiger charge is 2.08. The monoisotopic (exact) mass is 295 g/mol. The summed E-state index contributed by atoms with van der Waals surface area (Å²) in [6.07, 6.45) is 3.19. The number of amides is 1. The highest BCUT2D eigenvalue weighted by Crippen LogP contribution is 2.20. The van der Waals surface area contributed by atoms with Crippen molar-refractivity contribution in [3.63, 3.8) is 0 Å². The quantitative estimate of drug-likeness (QED) is 0.914. The number of carbonyl (C=O) groups is 1. The Morgan fingerprint density at radius 1 is 1.16 bits per heavy atom.